The predicted octanol–water partition coefficient (Wildman–Crippen LogP) is 5.51. The summed E-state index contributed by atoms with van der Waals surface area (Å²) in [7, 11) is 0. The average molecular weight is 291 g/mol. The van der Waals surface area contributed by atoms with Crippen molar-refractivity contribution in [1.82, 2.24) is 0 Å². The molecular weight excluding hydrogens is 258 g/mol. The molecule has 2 N–H and O–H groups in total. The Kier molecular flexibility index (Phi) is 7.63. The van der Waals surface area contributed by atoms with Gasteiger partial charge in [0.25, 0.3) is 0 Å². The summed E-state index contributed by atoms with van der Waals surface area (Å²) in [5.74, 6) is 2.46. The van der Waals surface area contributed by atoms with Crippen LogP contribution < -0.4 is 10.5 Å². The Balaban J connectivity index is 0.000000677. The van der Waals surface area contributed by atoms with Crippen LogP contribution in [-0.2, 0) is 0 Å². The fraction of sp³-hybridized carbons (Fsp3) is 0.684. The lowest BCUT2D eigenvalue weighted by atomic mass is 9.83. The van der Waals surface area contributed by atoms with Crippen molar-refractivity contribution < 1.29 is 4.74 Å². The average Bonchev–Trinajstić information content (AvgIpc) is 2.47. The van der Waals surface area contributed by atoms with Crippen molar-refractivity contribution in [2.75, 3.05) is 12.3 Å². The van der Waals surface area contributed by atoms with E-state index in [-0.39, 0.29) is 0 Å². The molecule has 0 aromatic heterocycles. The number of hydrogen-bond donors (Lipinski definition) is 1. The molecule has 1 aliphatic rings. The van der Waals surface area contributed by atoms with Crippen LogP contribution in [0, 0.1) is 25.7 Å². The molecule has 0 aliphatic heterocycles. The summed E-state index contributed by atoms with van der Waals surface area (Å²) in [5, 5.41) is 0. The summed E-state index contributed by atoms with van der Waals surface area (Å²) in [5.41, 5.74) is 9.27. The Hall–Kier alpha value is -1.18. The molecule has 2 nitrogen and oxygen atoms in total. The van der Waals surface area contributed by atoms with Gasteiger partial charge in [-0.05, 0) is 55.7 Å². The first kappa shape index (κ1) is 17.9. The van der Waals surface area contributed by atoms with Gasteiger partial charge < -0.3 is 10.5 Å². The van der Waals surface area contributed by atoms with Crippen molar-refractivity contribution in [3.63, 3.8) is 0 Å². The zero-order valence-corrected chi connectivity index (χ0v) is 14.5. The molecule has 0 amide bonds. The van der Waals surface area contributed by atoms with Crippen LogP contribution in [0.4, 0.5) is 5.69 Å². The second-order valence-electron chi connectivity index (χ2n) is 6.56. The Morgan fingerprint density at radius 3 is 2.24 bits per heavy atom. The van der Waals surface area contributed by atoms with E-state index in [1.165, 1.54) is 37.7 Å². The Morgan fingerprint density at radius 2 is 1.67 bits per heavy atom. The van der Waals surface area contributed by atoms with E-state index in [9.17, 15) is 0 Å². The highest BCUT2D eigenvalue weighted by molar-refractivity contribution is 5.60. The van der Waals surface area contributed by atoms with E-state index in [2.05, 4.69) is 40.7 Å². The van der Waals surface area contributed by atoms with Gasteiger partial charge in [-0.1, -0.05) is 46.1 Å². The Morgan fingerprint density at radius 1 is 1.10 bits per heavy atom. The second-order valence-corrected chi connectivity index (χ2v) is 6.56. The minimum absolute atomic E-state index is 0.710. The van der Waals surface area contributed by atoms with Gasteiger partial charge in [-0.2, -0.15) is 0 Å². The SMILES string of the molecule is CCC.Cc1ccc(OCC2CCC(C)CC2)c(N)c1C. The van der Waals surface area contributed by atoms with Crippen LogP contribution in [-0.4, -0.2) is 6.61 Å². The molecule has 1 fully saturated rings. The number of ether oxygens (including phenoxy) is 1. The Bertz CT molecular complexity index is 420. The molecular formula is C19H33NO. The predicted molar refractivity (Wildman–Crippen MR) is 92.9 cm³/mol. The maximum absolute atomic E-state index is 6.10. The third kappa shape index (κ3) is 5.61. The number of benzene rings is 1. The molecule has 120 valence electrons. The van der Waals surface area contributed by atoms with Gasteiger partial charge in [0.1, 0.15) is 5.75 Å². The molecule has 0 radical (unpaired) electrons. The summed E-state index contributed by atoms with van der Waals surface area (Å²) < 4.78 is 5.92. The number of hydrogen-bond acceptors (Lipinski definition) is 2. The first-order chi connectivity index (χ1) is 9.99. The van der Waals surface area contributed by atoms with Crippen LogP contribution in [0.5, 0.6) is 5.75 Å². The zero-order valence-electron chi connectivity index (χ0n) is 14.5. The molecule has 0 bridgehead atoms. The lowest BCUT2D eigenvalue weighted by molar-refractivity contribution is 0.188. The highest BCUT2D eigenvalue weighted by Crippen LogP contribution is 2.31. The largest absolute Gasteiger partial charge is 0.491 e. The van der Waals surface area contributed by atoms with Crippen molar-refractivity contribution in [1.29, 1.82) is 0 Å². The van der Waals surface area contributed by atoms with Crippen LogP contribution in [0.3, 0.4) is 0 Å². The highest BCUT2D eigenvalue weighted by Gasteiger charge is 2.19. The molecule has 1 aromatic rings. The van der Waals surface area contributed by atoms with E-state index in [4.69, 9.17) is 10.5 Å². The van der Waals surface area contributed by atoms with Gasteiger partial charge in [0.05, 0.1) is 12.3 Å². The molecule has 0 heterocycles. The van der Waals surface area contributed by atoms with Crippen molar-refractivity contribution >= 4 is 5.69 Å². The van der Waals surface area contributed by atoms with Crippen LogP contribution in [0.25, 0.3) is 0 Å². The molecule has 21 heavy (non-hydrogen) atoms. The number of nitrogen functional groups attached to an aromatic ring is 1. The lowest BCUT2D eigenvalue weighted by Crippen LogP contribution is -2.19. The fourth-order valence-electron chi connectivity index (χ4n) is 2.64. The van der Waals surface area contributed by atoms with Crippen molar-refractivity contribution in [3.8, 4) is 5.75 Å². The van der Waals surface area contributed by atoms with E-state index in [0.717, 1.165) is 29.5 Å². The van der Waals surface area contributed by atoms with E-state index in [1.54, 1.807) is 0 Å². The molecule has 1 saturated carbocycles. The van der Waals surface area contributed by atoms with Gasteiger partial charge in [0.2, 0.25) is 0 Å². The standard InChI is InChI=1S/C16H25NO.C3H8/c1-11-4-7-14(8-5-11)10-18-15-9-6-12(2)13(3)16(15)17;1-3-2/h6,9,11,14H,4-5,7-8,10,17H2,1-3H3;3H2,1-2H3. The molecule has 1 aliphatic carbocycles. The summed E-state index contributed by atoms with van der Waals surface area (Å²) in [6.45, 7) is 11.6. The summed E-state index contributed by atoms with van der Waals surface area (Å²) in [6.07, 6.45) is 6.53. The number of anilines is 1. The third-order valence-electron chi connectivity index (χ3n) is 4.36. The Labute approximate surface area is 131 Å². The molecule has 1 aromatic carbocycles. The summed E-state index contributed by atoms with van der Waals surface area (Å²) in [6, 6.07) is 4.09. The normalized spacial score (nSPS) is 21.4. The van der Waals surface area contributed by atoms with Crippen molar-refractivity contribution in [2.45, 2.75) is 66.7 Å². The number of nitrogens with two attached hydrogens (primary N) is 1. The number of aryl methyl sites for hydroxylation is 1. The smallest absolute Gasteiger partial charge is 0.142 e. The van der Waals surface area contributed by atoms with E-state index in [0.29, 0.717) is 5.92 Å². The molecule has 0 atom stereocenters. The van der Waals surface area contributed by atoms with Gasteiger partial charge >= 0.3 is 0 Å². The maximum atomic E-state index is 6.10. The van der Waals surface area contributed by atoms with E-state index < -0.39 is 0 Å². The van der Waals surface area contributed by atoms with Gasteiger partial charge in [0, 0.05) is 0 Å². The molecule has 0 saturated heterocycles. The molecule has 0 unspecified atom stereocenters. The monoisotopic (exact) mass is 291 g/mol. The maximum Gasteiger partial charge on any atom is 0.142 e. The van der Waals surface area contributed by atoms with E-state index >= 15 is 0 Å². The summed E-state index contributed by atoms with van der Waals surface area (Å²) in [4.78, 5) is 0. The second kappa shape index (κ2) is 8.96. The minimum atomic E-state index is 0.710. The van der Waals surface area contributed by atoms with Gasteiger partial charge in [-0.25, -0.2) is 0 Å². The quantitative estimate of drug-likeness (QED) is 0.745. The van der Waals surface area contributed by atoms with E-state index in [1.807, 2.05) is 6.07 Å². The van der Waals surface area contributed by atoms with Gasteiger partial charge in [-0.3, -0.25) is 0 Å². The molecule has 0 spiro atoms. The van der Waals surface area contributed by atoms with Crippen molar-refractivity contribution in [3.05, 3.63) is 23.3 Å². The van der Waals surface area contributed by atoms with Gasteiger partial charge in [0.15, 0.2) is 0 Å². The zero-order chi connectivity index (χ0) is 15.8. The first-order valence-corrected chi connectivity index (χ1v) is 8.47. The van der Waals surface area contributed by atoms with Crippen LogP contribution in [0.15, 0.2) is 12.1 Å². The number of rotatable bonds is 3. The summed E-state index contributed by atoms with van der Waals surface area (Å²) >= 11 is 0. The molecule has 2 heteroatoms. The van der Waals surface area contributed by atoms with Crippen LogP contribution in [0.1, 0.15) is 64.0 Å². The fourth-order valence-corrected chi connectivity index (χ4v) is 2.64. The first-order valence-electron chi connectivity index (χ1n) is 8.47. The van der Waals surface area contributed by atoms with Gasteiger partial charge in [-0.15, -0.1) is 0 Å². The van der Waals surface area contributed by atoms with Crippen molar-refractivity contribution in [2.24, 2.45) is 11.8 Å². The van der Waals surface area contributed by atoms with Crippen LogP contribution >= 0.6 is 0 Å². The lowest BCUT2D eigenvalue weighted by Gasteiger charge is -2.26. The molecule has 2 rings (SSSR count). The van der Waals surface area contributed by atoms with Crippen LogP contribution in [0.2, 0.25) is 0 Å². The highest BCUT2D eigenvalue weighted by atomic mass is 16.5. The topological polar surface area (TPSA) is 35.2 Å². The minimum Gasteiger partial charge on any atom is -0.491 e. The third-order valence-corrected chi connectivity index (χ3v) is 4.36.